The normalized spacial score (nSPS) is 17.6. The second-order valence-electron chi connectivity index (χ2n) is 9.15. The number of aromatic amines is 1. The van der Waals surface area contributed by atoms with E-state index in [1.165, 1.54) is 51.7 Å². The van der Waals surface area contributed by atoms with Crippen molar-refractivity contribution in [3.63, 3.8) is 0 Å². The minimum atomic E-state index is 0.430. The number of amidine groups is 1. The third-order valence-corrected chi connectivity index (χ3v) is 6.63. The lowest BCUT2D eigenvalue weighted by atomic mass is 9.88. The van der Waals surface area contributed by atoms with Crippen LogP contribution in [0.1, 0.15) is 89.5 Å². The third-order valence-electron chi connectivity index (χ3n) is 6.63. The van der Waals surface area contributed by atoms with Gasteiger partial charge >= 0.3 is 0 Å². The molecule has 0 aliphatic carbocycles. The van der Waals surface area contributed by atoms with E-state index in [4.69, 9.17) is 4.99 Å². The summed E-state index contributed by atoms with van der Waals surface area (Å²) in [5.41, 5.74) is 8.85. The molecule has 2 heterocycles. The molecular formula is C28H40N4. The van der Waals surface area contributed by atoms with Crippen molar-refractivity contribution in [1.82, 2.24) is 10.3 Å². The van der Waals surface area contributed by atoms with E-state index in [0.29, 0.717) is 11.8 Å². The van der Waals surface area contributed by atoms with Gasteiger partial charge in [0, 0.05) is 29.4 Å². The fourth-order valence-corrected chi connectivity index (χ4v) is 4.77. The third kappa shape index (κ3) is 5.29. The molecule has 2 N–H and O–H groups in total. The van der Waals surface area contributed by atoms with Gasteiger partial charge in [-0.3, -0.25) is 4.99 Å². The van der Waals surface area contributed by atoms with Gasteiger partial charge in [0.1, 0.15) is 5.84 Å². The van der Waals surface area contributed by atoms with Gasteiger partial charge in [-0.2, -0.15) is 0 Å². The molecule has 4 heteroatoms. The minimum absolute atomic E-state index is 0.430. The minimum Gasteiger partial charge on any atom is -0.354 e. The van der Waals surface area contributed by atoms with E-state index in [9.17, 15) is 0 Å². The molecule has 1 aromatic heterocycles. The number of H-pyrrole nitrogens is 1. The summed E-state index contributed by atoms with van der Waals surface area (Å²) in [6.07, 6.45) is 7.82. The number of nitrogens with one attached hydrogen (secondary N) is 2. The molecule has 0 bridgehead atoms. The summed E-state index contributed by atoms with van der Waals surface area (Å²) in [6, 6.07) is 7.06. The summed E-state index contributed by atoms with van der Waals surface area (Å²) in [6.45, 7) is 15.2. The zero-order valence-corrected chi connectivity index (χ0v) is 21.0. The summed E-state index contributed by atoms with van der Waals surface area (Å²) >= 11 is 0. The highest BCUT2D eigenvalue weighted by Crippen LogP contribution is 2.36. The van der Waals surface area contributed by atoms with Gasteiger partial charge in [-0.15, -0.1) is 0 Å². The molecule has 0 atom stereocenters. The van der Waals surface area contributed by atoms with Crippen LogP contribution in [0.2, 0.25) is 0 Å². The molecule has 3 rings (SSSR count). The highest BCUT2D eigenvalue weighted by Gasteiger charge is 2.20. The van der Waals surface area contributed by atoms with E-state index < -0.39 is 0 Å². The number of aliphatic imine (C=N–C) groups is 2. The molecular weight excluding hydrogens is 392 g/mol. The van der Waals surface area contributed by atoms with Crippen LogP contribution in [0.3, 0.4) is 0 Å². The van der Waals surface area contributed by atoms with Crippen molar-refractivity contribution < 1.29 is 0 Å². The van der Waals surface area contributed by atoms with E-state index in [-0.39, 0.29) is 0 Å². The van der Waals surface area contributed by atoms with Crippen molar-refractivity contribution in [2.24, 2.45) is 9.98 Å². The van der Waals surface area contributed by atoms with Gasteiger partial charge in [0.05, 0.1) is 0 Å². The highest BCUT2D eigenvalue weighted by atomic mass is 14.9. The maximum absolute atomic E-state index is 4.71. The topological polar surface area (TPSA) is 52.5 Å². The molecule has 32 heavy (non-hydrogen) atoms. The van der Waals surface area contributed by atoms with Crippen LogP contribution in [0.4, 0.5) is 0 Å². The summed E-state index contributed by atoms with van der Waals surface area (Å²) < 4.78 is 0. The Kier molecular flexibility index (Phi) is 8.25. The fraction of sp³-hybridized carbons (Fsp3) is 0.500. The van der Waals surface area contributed by atoms with Crippen LogP contribution in [0.25, 0.3) is 16.5 Å². The maximum atomic E-state index is 4.71. The second kappa shape index (κ2) is 10.9. The first-order valence-electron chi connectivity index (χ1n) is 12.1. The van der Waals surface area contributed by atoms with Crippen molar-refractivity contribution in [2.45, 2.75) is 72.6 Å². The summed E-state index contributed by atoms with van der Waals surface area (Å²) in [7, 11) is 1.79. The van der Waals surface area contributed by atoms with Crippen LogP contribution < -0.4 is 5.32 Å². The Hall–Kier alpha value is -2.46. The average molecular weight is 433 g/mol. The Morgan fingerprint density at radius 2 is 1.91 bits per heavy atom. The van der Waals surface area contributed by atoms with Gasteiger partial charge < -0.3 is 10.3 Å². The Balaban J connectivity index is 2.07. The monoisotopic (exact) mass is 432 g/mol. The lowest BCUT2D eigenvalue weighted by Gasteiger charge is -2.23. The van der Waals surface area contributed by atoms with Crippen LogP contribution >= 0.6 is 0 Å². The molecule has 4 nitrogen and oxygen atoms in total. The Morgan fingerprint density at radius 1 is 1.19 bits per heavy atom. The molecule has 2 aromatic rings. The van der Waals surface area contributed by atoms with Gasteiger partial charge in [0.15, 0.2) is 0 Å². The number of hydrogen-bond acceptors (Lipinski definition) is 2. The number of allylic oxidation sites excluding steroid dienone is 4. The van der Waals surface area contributed by atoms with Gasteiger partial charge in [-0.1, -0.05) is 32.9 Å². The number of aromatic nitrogens is 1. The first kappa shape index (κ1) is 24.2. The van der Waals surface area contributed by atoms with Crippen molar-refractivity contribution >= 4 is 28.0 Å². The maximum Gasteiger partial charge on any atom is 0.120 e. The van der Waals surface area contributed by atoms with Crippen molar-refractivity contribution in [3.8, 4) is 0 Å². The molecule has 1 aliphatic rings. The standard InChI is InChI=1S/C28H40N4/c1-8-21(16-19(5)25(9-2)31-20(6)29-7)28-27(18(3)4)24-17-23(10-11-26(24)32-28)22-12-14-30-15-13-22/h8,10-11,16-18,22,30,32H,9,12-15H2,1-7H3/b19-16-,21-8+,29-20?,31-25?. The van der Waals surface area contributed by atoms with Crippen LogP contribution in [0, 0.1) is 0 Å². The van der Waals surface area contributed by atoms with Crippen LogP contribution in [-0.4, -0.2) is 36.7 Å². The average Bonchev–Trinajstić information content (AvgIpc) is 3.19. The van der Waals surface area contributed by atoms with Gasteiger partial charge in [0.25, 0.3) is 0 Å². The number of benzene rings is 1. The highest BCUT2D eigenvalue weighted by molar-refractivity contribution is 6.08. The van der Waals surface area contributed by atoms with Crippen LogP contribution in [0.15, 0.2) is 45.9 Å². The summed E-state index contributed by atoms with van der Waals surface area (Å²) in [5, 5.41) is 4.86. The quantitative estimate of drug-likeness (QED) is 0.288. The molecule has 172 valence electrons. The molecule has 0 unspecified atom stereocenters. The van der Waals surface area contributed by atoms with Gasteiger partial charge in [-0.05, 0) is 105 Å². The zero-order valence-electron chi connectivity index (χ0n) is 21.0. The largest absolute Gasteiger partial charge is 0.354 e. The van der Waals surface area contributed by atoms with E-state index >= 15 is 0 Å². The Labute approximate surface area is 194 Å². The number of piperidine rings is 1. The number of hydrogen-bond donors (Lipinski definition) is 2. The van der Waals surface area contributed by atoms with E-state index in [2.05, 4.69) is 80.3 Å². The van der Waals surface area contributed by atoms with Crippen LogP contribution in [0.5, 0.6) is 0 Å². The zero-order chi connectivity index (χ0) is 23.3. The lowest BCUT2D eigenvalue weighted by Crippen LogP contribution is -2.26. The SMILES string of the molecule is C/C=C(\C=C(\C)C(CC)=NC(C)=NC)c1[nH]c2ccc(C3CCNCC3)cc2c1C(C)C. The van der Waals surface area contributed by atoms with Crippen molar-refractivity contribution in [1.29, 1.82) is 0 Å². The van der Waals surface area contributed by atoms with E-state index in [1.807, 2.05) is 6.92 Å². The predicted octanol–water partition coefficient (Wildman–Crippen LogP) is 7.01. The first-order chi connectivity index (χ1) is 15.4. The van der Waals surface area contributed by atoms with Crippen molar-refractivity contribution in [3.05, 3.63) is 52.7 Å². The van der Waals surface area contributed by atoms with E-state index in [1.54, 1.807) is 7.05 Å². The van der Waals surface area contributed by atoms with Gasteiger partial charge in [0.2, 0.25) is 0 Å². The predicted molar refractivity (Wildman–Crippen MR) is 141 cm³/mol. The summed E-state index contributed by atoms with van der Waals surface area (Å²) in [4.78, 5) is 12.7. The number of nitrogens with zero attached hydrogens (tertiary/aromatic N) is 2. The molecule has 1 aromatic carbocycles. The molecule has 0 radical (unpaired) electrons. The van der Waals surface area contributed by atoms with Crippen LogP contribution in [-0.2, 0) is 0 Å². The molecule has 1 aliphatic heterocycles. The van der Waals surface area contributed by atoms with Gasteiger partial charge in [-0.25, -0.2) is 4.99 Å². The fourth-order valence-electron chi connectivity index (χ4n) is 4.77. The molecule has 0 saturated carbocycles. The first-order valence-corrected chi connectivity index (χ1v) is 12.1. The molecule has 1 saturated heterocycles. The Bertz CT molecular complexity index is 1060. The van der Waals surface area contributed by atoms with Crippen molar-refractivity contribution in [2.75, 3.05) is 20.1 Å². The second-order valence-corrected chi connectivity index (χ2v) is 9.15. The summed E-state index contributed by atoms with van der Waals surface area (Å²) in [5.74, 6) is 1.91. The smallest absolute Gasteiger partial charge is 0.120 e. The van der Waals surface area contributed by atoms with E-state index in [0.717, 1.165) is 31.1 Å². The number of fused-ring (bicyclic) bond motifs is 1. The molecule has 0 spiro atoms. The number of rotatable bonds is 6. The lowest BCUT2D eigenvalue weighted by molar-refractivity contribution is 0.460. The Morgan fingerprint density at radius 3 is 2.50 bits per heavy atom. The molecule has 1 fully saturated rings. The molecule has 0 amide bonds.